The number of carbonyl (C=O) groups excluding carboxylic acids is 1. The first-order valence-corrected chi connectivity index (χ1v) is 7.79. The van der Waals surface area contributed by atoms with Crippen LogP contribution in [0.3, 0.4) is 0 Å². The molecule has 0 radical (unpaired) electrons. The van der Waals surface area contributed by atoms with Gasteiger partial charge in [-0.05, 0) is 25.0 Å². The first kappa shape index (κ1) is 12.0. The summed E-state index contributed by atoms with van der Waals surface area (Å²) in [6.07, 6.45) is 2.01. The van der Waals surface area contributed by atoms with Crippen molar-refractivity contribution in [3.8, 4) is 0 Å². The van der Waals surface area contributed by atoms with Crippen molar-refractivity contribution in [2.24, 2.45) is 5.92 Å². The van der Waals surface area contributed by atoms with Crippen molar-refractivity contribution in [3.05, 3.63) is 17.6 Å². The van der Waals surface area contributed by atoms with Gasteiger partial charge in [0.25, 0.3) is 0 Å². The second kappa shape index (κ2) is 4.34. The lowest BCUT2D eigenvalue weighted by atomic mass is 9.91. The van der Waals surface area contributed by atoms with E-state index in [1.54, 1.807) is 11.3 Å². The Morgan fingerprint density at radius 2 is 2.35 bits per heavy atom. The van der Waals surface area contributed by atoms with Crippen LogP contribution in [0, 0.1) is 5.92 Å². The lowest BCUT2D eigenvalue weighted by Crippen LogP contribution is -2.46. The maximum atomic E-state index is 11.9. The number of carbonyl (C=O) groups is 1. The van der Waals surface area contributed by atoms with E-state index in [9.17, 15) is 4.79 Å². The predicted octanol–water partition coefficient (Wildman–Crippen LogP) is 1.59. The number of nitrogens with two attached hydrogens (primary N) is 1. The lowest BCUT2D eigenvalue weighted by Gasteiger charge is -2.38. The Labute approximate surface area is 120 Å². The van der Waals surface area contributed by atoms with E-state index >= 15 is 0 Å². The molecule has 1 aromatic carbocycles. The Hall–Kier alpha value is -1.82. The van der Waals surface area contributed by atoms with Crippen LogP contribution >= 0.6 is 11.3 Å². The van der Waals surface area contributed by atoms with Crippen LogP contribution in [0.4, 0.5) is 11.4 Å². The minimum Gasteiger partial charge on any atom is -0.395 e. The minimum atomic E-state index is 0.106. The van der Waals surface area contributed by atoms with Crippen LogP contribution in [0.2, 0.25) is 0 Å². The molecule has 5 nitrogen and oxygen atoms in total. The van der Waals surface area contributed by atoms with Gasteiger partial charge in [-0.1, -0.05) is 0 Å². The molecule has 0 spiro atoms. The second-order valence-electron chi connectivity index (χ2n) is 5.45. The number of nitrogens with one attached hydrogen (secondary N) is 1. The molecule has 20 heavy (non-hydrogen) atoms. The molecule has 4 rings (SSSR count). The van der Waals surface area contributed by atoms with Gasteiger partial charge in [-0.15, -0.1) is 11.3 Å². The van der Waals surface area contributed by atoms with Crippen molar-refractivity contribution in [2.75, 3.05) is 23.7 Å². The topological polar surface area (TPSA) is 71.2 Å². The van der Waals surface area contributed by atoms with Crippen LogP contribution in [0.25, 0.3) is 10.2 Å². The predicted molar refractivity (Wildman–Crippen MR) is 80.9 cm³/mol. The van der Waals surface area contributed by atoms with Crippen molar-refractivity contribution < 1.29 is 4.79 Å². The summed E-state index contributed by atoms with van der Waals surface area (Å²) < 4.78 is 1.11. The summed E-state index contributed by atoms with van der Waals surface area (Å²) in [5.41, 5.74) is 10.8. The highest BCUT2D eigenvalue weighted by Gasteiger charge is 2.41. The molecule has 6 heteroatoms. The Balaban J connectivity index is 1.78. The minimum absolute atomic E-state index is 0.106. The Bertz CT molecular complexity index is 683. The molecule has 0 aliphatic carbocycles. The van der Waals surface area contributed by atoms with Crippen molar-refractivity contribution in [2.45, 2.75) is 18.9 Å². The maximum Gasteiger partial charge on any atom is 0.225 e. The van der Waals surface area contributed by atoms with Gasteiger partial charge in [0, 0.05) is 13.1 Å². The average Bonchev–Trinajstić information content (AvgIpc) is 3.07. The van der Waals surface area contributed by atoms with Gasteiger partial charge in [-0.2, -0.15) is 0 Å². The molecule has 2 atom stereocenters. The molecule has 2 saturated heterocycles. The highest BCUT2D eigenvalue weighted by Crippen LogP contribution is 2.38. The van der Waals surface area contributed by atoms with Gasteiger partial charge in [0.1, 0.15) is 5.52 Å². The molecule has 2 aliphatic rings. The third-order valence-corrected chi connectivity index (χ3v) is 5.22. The number of aromatic nitrogens is 1. The van der Waals surface area contributed by atoms with E-state index in [1.807, 2.05) is 5.51 Å². The third kappa shape index (κ3) is 1.61. The van der Waals surface area contributed by atoms with Gasteiger partial charge < -0.3 is 16.0 Å². The summed E-state index contributed by atoms with van der Waals surface area (Å²) in [4.78, 5) is 18.5. The first-order chi connectivity index (χ1) is 9.75. The van der Waals surface area contributed by atoms with Crippen molar-refractivity contribution >= 4 is 38.8 Å². The standard InChI is InChI=1S/C14H16N4OS/c15-12-9(3-4-11-13(12)17-7-20-11)18-5-1-2-8-10(18)6-16-14(8)19/h3-4,7-8,10H,1-2,5-6,15H2,(H,16,19). The fourth-order valence-electron chi connectivity index (χ4n) is 3.44. The number of anilines is 2. The maximum absolute atomic E-state index is 11.9. The summed E-state index contributed by atoms with van der Waals surface area (Å²) in [5.74, 6) is 0.294. The van der Waals surface area contributed by atoms with Crippen LogP contribution in [-0.2, 0) is 4.79 Å². The Kier molecular flexibility index (Phi) is 2.60. The van der Waals surface area contributed by atoms with E-state index in [1.165, 1.54) is 0 Å². The summed E-state index contributed by atoms with van der Waals surface area (Å²) in [6, 6.07) is 4.38. The zero-order chi connectivity index (χ0) is 13.7. The summed E-state index contributed by atoms with van der Waals surface area (Å²) in [6.45, 7) is 1.67. The van der Waals surface area contributed by atoms with E-state index in [-0.39, 0.29) is 17.9 Å². The lowest BCUT2D eigenvalue weighted by molar-refractivity contribution is -0.122. The van der Waals surface area contributed by atoms with Crippen molar-refractivity contribution in [1.29, 1.82) is 0 Å². The van der Waals surface area contributed by atoms with Gasteiger partial charge in [0.2, 0.25) is 5.91 Å². The number of rotatable bonds is 1. The number of nitrogens with zero attached hydrogens (tertiary/aromatic N) is 2. The number of fused-ring (bicyclic) bond motifs is 2. The average molecular weight is 288 g/mol. The molecule has 0 saturated carbocycles. The molecule has 2 aliphatic heterocycles. The Morgan fingerprint density at radius 1 is 1.45 bits per heavy atom. The van der Waals surface area contributed by atoms with Gasteiger partial charge in [-0.3, -0.25) is 4.79 Å². The largest absolute Gasteiger partial charge is 0.395 e. The van der Waals surface area contributed by atoms with Crippen LogP contribution < -0.4 is 16.0 Å². The summed E-state index contributed by atoms with van der Waals surface area (Å²) in [7, 11) is 0. The molecular formula is C14H16N4OS. The van der Waals surface area contributed by atoms with Crippen LogP contribution in [0.15, 0.2) is 17.6 Å². The summed E-state index contributed by atoms with van der Waals surface area (Å²) in [5, 5.41) is 2.98. The number of nitrogen functional groups attached to an aromatic ring is 1. The van der Waals surface area contributed by atoms with Gasteiger partial charge in [0.15, 0.2) is 0 Å². The van der Waals surface area contributed by atoms with E-state index in [2.05, 4.69) is 27.3 Å². The van der Waals surface area contributed by atoms with E-state index in [0.717, 1.165) is 47.5 Å². The monoisotopic (exact) mass is 288 g/mol. The van der Waals surface area contributed by atoms with E-state index in [0.29, 0.717) is 0 Å². The molecule has 104 valence electrons. The fraction of sp³-hybridized carbons (Fsp3) is 0.429. The molecular weight excluding hydrogens is 272 g/mol. The first-order valence-electron chi connectivity index (χ1n) is 6.92. The number of amides is 1. The summed E-state index contributed by atoms with van der Waals surface area (Å²) >= 11 is 1.60. The zero-order valence-corrected chi connectivity index (χ0v) is 11.8. The molecule has 1 amide bonds. The molecule has 2 fully saturated rings. The highest BCUT2D eigenvalue weighted by atomic mass is 32.1. The normalized spacial score (nSPS) is 25.8. The molecule has 2 unspecified atom stereocenters. The zero-order valence-electron chi connectivity index (χ0n) is 11.0. The van der Waals surface area contributed by atoms with Crippen molar-refractivity contribution in [3.63, 3.8) is 0 Å². The van der Waals surface area contributed by atoms with Crippen LogP contribution in [0.5, 0.6) is 0 Å². The number of piperidine rings is 1. The molecule has 3 N–H and O–H groups in total. The number of thiazole rings is 1. The van der Waals surface area contributed by atoms with E-state index < -0.39 is 0 Å². The molecule has 1 aromatic heterocycles. The second-order valence-corrected chi connectivity index (χ2v) is 6.34. The molecule has 3 heterocycles. The molecule has 2 aromatic rings. The smallest absolute Gasteiger partial charge is 0.225 e. The van der Waals surface area contributed by atoms with Crippen LogP contribution in [-0.4, -0.2) is 30.0 Å². The quantitative estimate of drug-likeness (QED) is 0.782. The van der Waals surface area contributed by atoms with Gasteiger partial charge >= 0.3 is 0 Å². The highest BCUT2D eigenvalue weighted by molar-refractivity contribution is 7.16. The Morgan fingerprint density at radius 3 is 3.25 bits per heavy atom. The number of benzene rings is 1. The SMILES string of the molecule is Nc1c(N2CCCC3C(=O)NCC32)ccc2scnc12. The van der Waals surface area contributed by atoms with Gasteiger partial charge in [0.05, 0.1) is 33.5 Å². The number of hydrogen-bond donors (Lipinski definition) is 2. The van der Waals surface area contributed by atoms with E-state index in [4.69, 9.17) is 5.73 Å². The third-order valence-electron chi connectivity index (χ3n) is 4.43. The molecule has 0 bridgehead atoms. The fourth-order valence-corrected chi connectivity index (χ4v) is 4.14. The van der Waals surface area contributed by atoms with Crippen LogP contribution in [0.1, 0.15) is 12.8 Å². The number of hydrogen-bond acceptors (Lipinski definition) is 5. The van der Waals surface area contributed by atoms with Crippen molar-refractivity contribution in [1.82, 2.24) is 10.3 Å². The van der Waals surface area contributed by atoms with Gasteiger partial charge in [-0.25, -0.2) is 4.98 Å².